The number of nitrogens with one attached hydrogen (secondary N) is 1. The van der Waals surface area contributed by atoms with E-state index >= 15 is 0 Å². The molecule has 6 heteroatoms. The standard InChI is InChI=1S/C15H12BrF2NO2/c16-13-4-2-11(17)6-10(13)8-19-7-9-1-3-12(15(20)21)14(18)5-9/h1-6,19H,7-8H2,(H,20,21). The molecule has 2 rings (SSSR count). The Kier molecular flexibility index (Phi) is 5.03. The predicted molar refractivity (Wildman–Crippen MR) is 78.0 cm³/mol. The van der Waals surface area contributed by atoms with Gasteiger partial charge in [0.05, 0.1) is 5.56 Å². The highest BCUT2D eigenvalue weighted by molar-refractivity contribution is 9.10. The van der Waals surface area contributed by atoms with Gasteiger partial charge in [0.2, 0.25) is 0 Å². The van der Waals surface area contributed by atoms with E-state index in [0.29, 0.717) is 18.7 Å². The van der Waals surface area contributed by atoms with E-state index in [2.05, 4.69) is 21.2 Å². The molecular weight excluding hydrogens is 344 g/mol. The van der Waals surface area contributed by atoms with Gasteiger partial charge in [0.25, 0.3) is 0 Å². The molecule has 0 aromatic heterocycles. The molecule has 0 saturated carbocycles. The van der Waals surface area contributed by atoms with Crippen LogP contribution in [0.1, 0.15) is 21.5 Å². The number of carboxylic acid groups (broad SMARTS) is 1. The van der Waals surface area contributed by atoms with Crippen LogP contribution in [0.2, 0.25) is 0 Å². The molecule has 0 radical (unpaired) electrons. The number of carboxylic acids is 1. The van der Waals surface area contributed by atoms with Crippen LogP contribution >= 0.6 is 15.9 Å². The second kappa shape index (κ2) is 6.78. The van der Waals surface area contributed by atoms with Crippen LogP contribution in [0, 0.1) is 11.6 Å². The zero-order chi connectivity index (χ0) is 15.4. The number of benzene rings is 2. The third-order valence-corrected chi connectivity index (χ3v) is 3.69. The van der Waals surface area contributed by atoms with Crippen molar-refractivity contribution in [2.75, 3.05) is 0 Å². The number of hydrogen-bond donors (Lipinski definition) is 2. The zero-order valence-corrected chi connectivity index (χ0v) is 12.5. The monoisotopic (exact) mass is 355 g/mol. The van der Waals surface area contributed by atoms with Crippen LogP contribution in [-0.4, -0.2) is 11.1 Å². The van der Waals surface area contributed by atoms with Crippen molar-refractivity contribution in [2.24, 2.45) is 0 Å². The number of halogens is 3. The number of aromatic carboxylic acids is 1. The molecule has 110 valence electrons. The summed E-state index contributed by atoms with van der Waals surface area (Å²) >= 11 is 3.32. The molecule has 3 nitrogen and oxygen atoms in total. The Morgan fingerprint density at radius 2 is 1.90 bits per heavy atom. The third kappa shape index (κ3) is 4.09. The first-order valence-electron chi connectivity index (χ1n) is 6.13. The Bertz CT molecular complexity index is 677. The molecule has 2 aromatic rings. The molecular formula is C15H12BrF2NO2. The van der Waals surface area contributed by atoms with E-state index in [4.69, 9.17) is 5.11 Å². The summed E-state index contributed by atoms with van der Waals surface area (Å²) in [6, 6.07) is 8.33. The molecule has 0 heterocycles. The maximum atomic E-state index is 13.5. The Labute approximate surface area is 128 Å². The quantitative estimate of drug-likeness (QED) is 0.859. The van der Waals surface area contributed by atoms with E-state index in [1.807, 2.05) is 0 Å². The van der Waals surface area contributed by atoms with Gasteiger partial charge in [0.15, 0.2) is 0 Å². The van der Waals surface area contributed by atoms with Crippen LogP contribution < -0.4 is 5.32 Å². The number of hydrogen-bond acceptors (Lipinski definition) is 2. The van der Waals surface area contributed by atoms with Crippen molar-refractivity contribution in [1.29, 1.82) is 0 Å². The summed E-state index contributed by atoms with van der Waals surface area (Å²) in [5, 5.41) is 11.8. The highest BCUT2D eigenvalue weighted by atomic mass is 79.9. The molecule has 0 unspecified atom stereocenters. The van der Waals surface area contributed by atoms with Crippen LogP contribution in [0.3, 0.4) is 0 Å². The van der Waals surface area contributed by atoms with Gasteiger partial charge in [-0.25, -0.2) is 13.6 Å². The Balaban J connectivity index is 1.99. The average molecular weight is 356 g/mol. The molecule has 0 aliphatic heterocycles. The molecule has 0 amide bonds. The maximum Gasteiger partial charge on any atom is 0.338 e. The van der Waals surface area contributed by atoms with Gasteiger partial charge in [-0.3, -0.25) is 0 Å². The first-order chi connectivity index (χ1) is 9.97. The normalized spacial score (nSPS) is 10.6. The van der Waals surface area contributed by atoms with Crippen molar-refractivity contribution in [3.8, 4) is 0 Å². The minimum Gasteiger partial charge on any atom is -0.478 e. The van der Waals surface area contributed by atoms with Crippen molar-refractivity contribution in [1.82, 2.24) is 5.32 Å². The summed E-state index contributed by atoms with van der Waals surface area (Å²) in [7, 11) is 0. The summed E-state index contributed by atoms with van der Waals surface area (Å²) in [6.07, 6.45) is 0. The van der Waals surface area contributed by atoms with Crippen molar-refractivity contribution in [3.63, 3.8) is 0 Å². The van der Waals surface area contributed by atoms with E-state index in [0.717, 1.165) is 10.0 Å². The third-order valence-electron chi connectivity index (χ3n) is 2.92. The van der Waals surface area contributed by atoms with Gasteiger partial charge in [0.1, 0.15) is 11.6 Å². The van der Waals surface area contributed by atoms with E-state index in [-0.39, 0.29) is 11.4 Å². The molecule has 0 fully saturated rings. The van der Waals surface area contributed by atoms with Crippen LogP contribution in [0.5, 0.6) is 0 Å². The van der Waals surface area contributed by atoms with Crippen molar-refractivity contribution in [2.45, 2.75) is 13.1 Å². The highest BCUT2D eigenvalue weighted by Crippen LogP contribution is 2.18. The lowest BCUT2D eigenvalue weighted by molar-refractivity contribution is 0.0692. The molecule has 21 heavy (non-hydrogen) atoms. The smallest absolute Gasteiger partial charge is 0.338 e. The lowest BCUT2D eigenvalue weighted by atomic mass is 10.1. The minimum atomic E-state index is -1.30. The first-order valence-corrected chi connectivity index (χ1v) is 6.93. The van der Waals surface area contributed by atoms with E-state index in [1.54, 1.807) is 12.1 Å². The van der Waals surface area contributed by atoms with Crippen LogP contribution in [0.25, 0.3) is 0 Å². The van der Waals surface area contributed by atoms with Crippen LogP contribution in [-0.2, 0) is 13.1 Å². The van der Waals surface area contributed by atoms with Crippen molar-refractivity contribution >= 4 is 21.9 Å². The molecule has 0 aliphatic rings. The summed E-state index contributed by atoms with van der Waals surface area (Å²) in [4.78, 5) is 10.7. The van der Waals surface area contributed by atoms with E-state index in [1.165, 1.54) is 24.3 Å². The Hall–Kier alpha value is -1.79. The second-order valence-corrected chi connectivity index (χ2v) is 5.31. The van der Waals surface area contributed by atoms with Gasteiger partial charge >= 0.3 is 5.97 Å². The van der Waals surface area contributed by atoms with E-state index < -0.39 is 11.8 Å². The summed E-state index contributed by atoms with van der Waals surface area (Å²) in [6.45, 7) is 0.750. The average Bonchev–Trinajstić information content (AvgIpc) is 2.42. The highest BCUT2D eigenvalue weighted by Gasteiger charge is 2.10. The van der Waals surface area contributed by atoms with Gasteiger partial charge in [-0.1, -0.05) is 22.0 Å². The number of rotatable bonds is 5. The minimum absolute atomic E-state index is 0.327. The summed E-state index contributed by atoms with van der Waals surface area (Å²) < 4.78 is 27.4. The van der Waals surface area contributed by atoms with E-state index in [9.17, 15) is 13.6 Å². The lowest BCUT2D eigenvalue weighted by Crippen LogP contribution is -2.14. The SMILES string of the molecule is O=C(O)c1ccc(CNCc2cc(F)ccc2Br)cc1F. The number of carbonyl (C=O) groups is 1. The van der Waals surface area contributed by atoms with Gasteiger partial charge in [-0.2, -0.15) is 0 Å². The maximum absolute atomic E-state index is 13.5. The molecule has 0 saturated heterocycles. The zero-order valence-electron chi connectivity index (χ0n) is 10.9. The largest absolute Gasteiger partial charge is 0.478 e. The molecule has 0 aliphatic carbocycles. The second-order valence-electron chi connectivity index (χ2n) is 4.46. The van der Waals surface area contributed by atoms with Crippen molar-refractivity contribution in [3.05, 3.63) is 69.2 Å². The fourth-order valence-electron chi connectivity index (χ4n) is 1.86. The fourth-order valence-corrected chi connectivity index (χ4v) is 2.25. The molecule has 0 spiro atoms. The Morgan fingerprint density at radius 3 is 2.57 bits per heavy atom. The molecule has 2 N–H and O–H groups in total. The topological polar surface area (TPSA) is 49.3 Å². The molecule has 0 bridgehead atoms. The van der Waals surface area contributed by atoms with Gasteiger partial charge in [-0.05, 0) is 41.5 Å². The molecule has 0 atom stereocenters. The molecule has 2 aromatic carbocycles. The summed E-state index contributed by atoms with van der Waals surface area (Å²) in [5.74, 6) is -2.39. The van der Waals surface area contributed by atoms with Gasteiger partial charge in [0, 0.05) is 17.6 Å². The first kappa shape index (κ1) is 15.6. The van der Waals surface area contributed by atoms with Gasteiger partial charge < -0.3 is 10.4 Å². The Morgan fingerprint density at radius 1 is 1.14 bits per heavy atom. The predicted octanol–water partition coefficient (Wildman–Crippen LogP) is 3.72. The van der Waals surface area contributed by atoms with Crippen LogP contribution in [0.4, 0.5) is 8.78 Å². The fraction of sp³-hybridized carbons (Fsp3) is 0.133. The summed E-state index contributed by atoms with van der Waals surface area (Å²) in [5.41, 5.74) is 1.01. The van der Waals surface area contributed by atoms with Crippen LogP contribution in [0.15, 0.2) is 40.9 Å². The van der Waals surface area contributed by atoms with Gasteiger partial charge in [-0.15, -0.1) is 0 Å². The van der Waals surface area contributed by atoms with Crippen molar-refractivity contribution < 1.29 is 18.7 Å². The lowest BCUT2D eigenvalue weighted by Gasteiger charge is -2.08.